The van der Waals surface area contributed by atoms with E-state index in [0.717, 1.165) is 17.0 Å². The highest BCUT2D eigenvalue weighted by molar-refractivity contribution is 8.13. The summed E-state index contributed by atoms with van der Waals surface area (Å²) in [5.41, 5.74) is 2.63. The number of ether oxygens (including phenoxy) is 2. The van der Waals surface area contributed by atoms with Crippen LogP contribution in [-0.4, -0.2) is 48.9 Å². The minimum atomic E-state index is -0.296. The van der Waals surface area contributed by atoms with Gasteiger partial charge in [0.05, 0.1) is 25.3 Å². The third-order valence-electron chi connectivity index (χ3n) is 5.21. The number of benzene rings is 3. The highest BCUT2D eigenvalue weighted by Crippen LogP contribution is 2.17. The predicted molar refractivity (Wildman–Crippen MR) is 164 cm³/mol. The fourth-order valence-corrected chi connectivity index (χ4v) is 4.08. The molecule has 12 heteroatoms. The van der Waals surface area contributed by atoms with Crippen molar-refractivity contribution in [1.82, 2.24) is 10.6 Å². The van der Waals surface area contributed by atoms with Crippen LogP contribution in [0.5, 0.6) is 11.5 Å². The van der Waals surface area contributed by atoms with Gasteiger partial charge in [-0.2, -0.15) is 0 Å². The Kier molecular flexibility index (Phi) is 15.1. The van der Waals surface area contributed by atoms with E-state index >= 15 is 0 Å². The van der Waals surface area contributed by atoms with Crippen LogP contribution in [0.1, 0.15) is 26.3 Å². The Labute approximate surface area is 249 Å². The molecule has 0 saturated carbocycles. The first-order valence-electron chi connectivity index (χ1n) is 11.3. The maximum Gasteiger partial charge on any atom is 0.339 e. The molecular weight excluding hydrogens is 579 g/mol. The number of methoxy groups -OCH3 is 2. The molecule has 3 aromatic rings. The quantitative estimate of drug-likeness (QED) is 0.241. The van der Waals surface area contributed by atoms with Crippen molar-refractivity contribution in [2.45, 2.75) is 6.54 Å². The van der Waals surface area contributed by atoms with Crippen LogP contribution in [0.15, 0.2) is 72.8 Å². The SMILES string of the molecule is COc1cccc(C[NH+]=C(NC(=O)c2ccc(C(=O)NC(=[NH+]c3ccccc3OC)SC)cc2)SC)c1.Cl.Cl. The Bertz CT molecular complexity index is 1300. The van der Waals surface area contributed by atoms with E-state index in [1.165, 1.54) is 23.5 Å². The molecule has 0 radical (unpaired) electrons. The Hall–Kier alpha value is -3.18. The number of hydrogen-bond donors (Lipinski definition) is 4. The van der Waals surface area contributed by atoms with Crippen LogP contribution in [0.4, 0.5) is 5.69 Å². The molecule has 208 valence electrons. The second kappa shape index (κ2) is 17.4. The van der Waals surface area contributed by atoms with Crippen molar-refractivity contribution < 1.29 is 29.0 Å². The first-order valence-corrected chi connectivity index (χ1v) is 13.7. The average Bonchev–Trinajstić information content (AvgIpc) is 2.95. The molecule has 0 aliphatic carbocycles. The molecule has 39 heavy (non-hydrogen) atoms. The Morgan fingerprint density at radius 1 is 0.769 bits per heavy atom. The van der Waals surface area contributed by atoms with Gasteiger partial charge in [-0.1, -0.05) is 24.3 Å². The van der Waals surface area contributed by atoms with Crippen LogP contribution in [0.3, 0.4) is 0 Å². The lowest BCUT2D eigenvalue weighted by Crippen LogP contribution is -2.74. The smallest absolute Gasteiger partial charge is 0.339 e. The normalized spacial score (nSPS) is 11.0. The zero-order valence-electron chi connectivity index (χ0n) is 21.9. The molecule has 0 spiro atoms. The molecule has 2 amide bonds. The molecule has 0 atom stereocenters. The molecular formula is C27H32Cl2N4O4S2+2. The van der Waals surface area contributed by atoms with Gasteiger partial charge in [0.2, 0.25) is 0 Å². The monoisotopic (exact) mass is 610 g/mol. The van der Waals surface area contributed by atoms with Crippen LogP contribution in [0.2, 0.25) is 0 Å². The number of hydrogen-bond acceptors (Lipinski definition) is 6. The largest absolute Gasteiger partial charge is 0.497 e. The third kappa shape index (κ3) is 10.1. The molecule has 4 N–H and O–H groups in total. The number of carbonyl (C=O) groups excluding carboxylic acids is 2. The lowest BCUT2D eigenvalue weighted by molar-refractivity contribution is -0.473. The second-order valence-corrected chi connectivity index (χ2v) is 9.22. The fraction of sp³-hybridized carbons (Fsp3) is 0.185. The van der Waals surface area contributed by atoms with Crippen LogP contribution in [-0.2, 0) is 6.54 Å². The van der Waals surface area contributed by atoms with Gasteiger partial charge >= 0.3 is 22.1 Å². The zero-order valence-corrected chi connectivity index (χ0v) is 25.2. The lowest BCUT2D eigenvalue weighted by atomic mass is 10.1. The summed E-state index contributed by atoms with van der Waals surface area (Å²) in [5, 5.41) is 6.91. The minimum Gasteiger partial charge on any atom is -0.497 e. The van der Waals surface area contributed by atoms with Crippen LogP contribution in [0, 0.1) is 0 Å². The zero-order chi connectivity index (χ0) is 26.6. The van der Waals surface area contributed by atoms with E-state index in [0.29, 0.717) is 33.8 Å². The molecule has 0 heterocycles. The van der Waals surface area contributed by atoms with Gasteiger partial charge in [0.1, 0.15) is 12.3 Å². The average molecular weight is 612 g/mol. The molecule has 0 bridgehead atoms. The number of nitrogens with one attached hydrogen (secondary N) is 4. The second-order valence-electron chi connectivity index (χ2n) is 7.58. The van der Waals surface area contributed by atoms with E-state index in [9.17, 15) is 9.59 Å². The maximum absolute atomic E-state index is 12.8. The Morgan fingerprint density at radius 2 is 1.36 bits per heavy atom. The number of amidine groups is 2. The van der Waals surface area contributed by atoms with E-state index in [2.05, 4.69) is 20.6 Å². The van der Waals surface area contributed by atoms with E-state index in [4.69, 9.17) is 9.47 Å². The van der Waals surface area contributed by atoms with Gasteiger partial charge in [-0.25, -0.2) is 25.2 Å². The van der Waals surface area contributed by atoms with Crippen molar-refractivity contribution in [3.8, 4) is 11.5 Å². The van der Waals surface area contributed by atoms with Crippen molar-refractivity contribution in [1.29, 1.82) is 0 Å². The molecule has 3 rings (SSSR count). The summed E-state index contributed by atoms with van der Waals surface area (Å²) in [4.78, 5) is 32.0. The fourth-order valence-electron chi connectivity index (χ4n) is 3.26. The van der Waals surface area contributed by atoms with Gasteiger partial charge in [0.25, 0.3) is 0 Å². The first-order chi connectivity index (χ1) is 18.0. The van der Waals surface area contributed by atoms with Gasteiger partial charge in [-0.15, -0.1) is 24.8 Å². The number of thioether (sulfide) groups is 2. The summed E-state index contributed by atoms with van der Waals surface area (Å²) < 4.78 is 10.6. The van der Waals surface area contributed by atoms with Crippen LogP contribution in [0.25, 0.3) is 0 Å². The molecule has 0 unspecified atom stereocenters. The number of halogens is 2. The molecule has 3 aromatic carbocycles. The Morgan fingerprint density at radius 3 is 1.92 bits per heavy atom. The summed E-state index contributed by atoms with van der Waals surface area (Å²) in [6, 6.07) is 21.6. The molecule has 8 nitrogen and oxygen atoms in total. The van der Waals surface area contributed by atoms with Gasteiger partial charge in [0, 0.05) is 0 Å². The molecule has 0 saturated heterocycles. The van der Waals surface area contributed by atoms with E-state index in [1.54, 1.807) is 38.5 Å². The maximum atomic E-state index is 12.8. The summed E-state index contributed by atoms with van der Waals surface area (Å²) in [5.74, 6) is 0.868. The highest BCUT2D eigenvalue weighted by Gasteiger charge is 2.19. The number of carbonyl (C=O) groups is 2. The van der Waals surface area contributed by atoms with Crippen LogP contribution < -0.4 is 30.1 Å². The van der Waals surface area contributed by atoms with E-state index < -0.39 is 0 Å². The number of rotatable bonds is 7. The predicted octanol–water partition coefficient (Wildman–Crippen LogP) is 2.14. The summed E-state index contributed by atoms with van der Waals surface area (Å²) in [6.07, 6.45) is 3.73. The molecule has 0 aliphatic heterocycles. The van der Waals surface area contributed by atoms with Gasteiger partial charge in [-0.3, -0.25) is 4.99 Å². The third-order valence-corrected chi connectivity index (χ3v) is 6.48. The van der Waals surface area contributed by atoms with Crippen molar-refractivity contribution in [3.05, 3.63) is 89.5 Å². The lowest BCUT2D eigenvalue weighted by Gasteiger charge is -2.04. The van der Waals surface area contributed by atoms with Crippen molar-refractivity contribution in [2.75, 3.05) is 26.7 Å². The minimum absolute atomic E-state index is 0. The molecule has 0 aliphatic rings. The van der Waals surface area contributed by atoms with Gasteiger partial charge in [-0.05, 0) is 90.1 Å². The van der Waals surface area contributed by atoms with Crippen molar-refractivity contribution in [3.63, 3.8) is 0 Å². The van der Waals surface area contributed by atoms with E-state index in [1.807, 2.05) is 61.0 Å². The van der Waals surface area contributed by atoms with Crippen LogP contribution >= 0.6 is 48.3 Å². The van der Waals surface area contributed by atoms with Gasteiger partial charge < -0.3 is 9.47 Å². The van der Waals surface area contributed by atoms with E-state index in [-0.39, 0.29) is 36.6 Å². The molecule has 0 aromatic heterocycles. The summed E-state index contributed by atoms with van der Waals surface area (Å²) >= 11 is 2.76. The molecule has 0 fully saturated rings. The number of para-hydroxylation sites is 2. The summed E-state index contributed by atoms with van der Waals surface area (Å²) in [7, 11) is 3.21. The van der Waals surface area contributed by atoms with Crippen molar-refractivity contribution >= 4 is 76.2 Å². The first kappa shape index (κ1) is 33.8. The Balaban J connectivity index is 0.00000380. The van der Waals surface area contributed by atoms with Crippen molar-refractivity contribution in [2.24, 2.45) is 0 Å². The van der Waals surface area contributed by atoms with Gasteiger partial charge in [0.15, 0.2) is 11.4 Å². The summed E-state index contributed by atoms with van der Waals surface area (Å²) in [6.45, 7) is 0.532. The number of amides is 2. The highest BCUT2D eigenvalue weighted by atomic mass is 35.5. The standard InChI is InChI=1S/C27H28N4O4S2.2ClH/c1-34-21-9-7-8-18(16-21)17-28-26(36-3)30-24(32)19-12-14-20(15-13-19)25(33)31-27(37-4)29-22-10-5-6-11-23(22)35-2;;/h5-16H,17H2,1-4H3,(H,28,30,32)(H,29,31,33);2*1H/p+2. The topological polar surface area (TPSA) is 105 Å².